The lowest BCUT2D eigenvalue weighted by molar-refractivity contribution is 0.0245. The van der Waals surface area contributed by atoms with Gasteiger partial charge < -0.3 is 15.0 Å². The molecule has 1 aromatic carbocycles. The topological polar surface area (TPSA) is 77.1 Å². The van der Waals surface area contributed by atoms with Crippen LogP contribution in [0, 0.1) is 11.3 Å². The number of H-pyrrole nitrogens is 1. The van der Waals surface area contributed by atoms with Gasteiger partial charge in [0, 0.05) is 31.7 Å². The number of rotatable bonds is 6. The molecule has 3 N–H and O–H groups in total. The molecule has 28 heavy (non-hydrogen) atoms. The van der Waals surface area contributed by atoms with E-state index in [1.165, 1.54) is 18.4 Å². The van der Waals surface area contributed by atoms with Gasteiger partial charge in [-0.25, -0.2) is 9.97 Å². The molecule has 1 saturated heterocycles. The minimum atomic E-state index is -0.439. The average molecular weight is 377 g/mol. The lowest BCUT2D eigenvalue weighted by Gasteiger charge is -2.42. The summed E-state index contributed by atoms with van der Waals surface area (Å²) < 4.78 is 0. The van der Waals surface area contributed by atoms with Crippen molar-refractivity contribution < 1.29 is 5.11 Å². The summed E-state index contributed by atoms with van der Waals surface area (Å²) in [6.45, 7) is 2.69. The van der Waals surface area contributed by atoms with Gasteiger partial charge in [-0.2, -0.15) is 0 Å². The van der Waals surface area contributed by atoms with Crippen molar-refractivity contribution in [2.45, 2.75) is 31.9 Å². The Morgan fingerprint density at radius 3 is 2.89 bits per heavy atom. The van der Waals surface area contributed by atoms with Gasteiger partial charge in [0.15, 0.2) is 0 Å². The number of hydrogen-bond acceptors (Lipinski definition) is 5. The van der Waals surface area contributed by atoms with Crippen LogP contribution >= 0.6 is 0 Å². The van der Waals surface area contributed by atoms with Crippen LogP contribution in [0.4, 0.5) is 5.82 Å². The molecule has 6 nitrogen and oxygen atoms in total. The van der Waals surface area contributed by atoms with Gasteiger partial charge in [-0.1, -0.05) is 30.3 Å². The highest BCUT2D eigenvalue weighted by molar-refractivity contribution is 5.87. The Morgan fingerprint density at radius 2 is 2.07 bits per heavy atom. The number of anilines is 1. The van der Waals surface area contributed by atoms with Crippen molar-refractivity contribution in [3.63, 3.8) is 0 Å². The molecule has 146 valence electrons. The van der Waals surface area contributed by atoms with Crippen molar-refractivity contribution in [2.24, 2.45) is 11.3 Å². The second kappa shape index (κ2) is 7.18. The fourth-order valence-electron chi connectivity index (χ4n) is 4.80. The Bertz CT molecular complexity index is 936. The van der Waals surface area contributed by atoms with Crippen molar-refractivity contribution in [3.8, 4) is 0 Å². The van der Waals surface area contributed by atoms with E-state index >= 15 is 0 Å². The van der Waals surface area contributed by atoms with E-state index in [0.717, 1.165) is 49.3 Å². The maximum Gasteiger partial charge on any atom is 0.142 e. The molecule has 0 radical (unpaired) electrons. The van der Waals surface area contributed by atoms with Crippen LogP contribution < -0.4 is 10.2 Å². The van der Waals surface area contributed by atoms with Gasteiger partial charge >= 0.3 is 0 Å². The van der Waals surface area contributed by atoms with Crippen molar-refractivity contribution in [1.29, 1.82) is 0 Å². The second-order valence-corrected chi connectivity index (χ2v) is 8.25. The van der Waals surface area contributed by atoms with E-state index in [2.05, 4.69) is 55.5 Å². The summed E-state index contributed by atoms with van der Waals surface area (Å²) >= 11 is 0. The number of piperidine rings is 1. The zero-order valence-corrected chi connectivity index (χ0v) is 16.0. The van der Waals surface area contributed by atoms with Gasteiger partial charge in [0.05, 0.1) is 5.39 Å². The van der Waals surface area contributed by atoms with Gasteiger partial charge in [-0.05, 0) is 42.7 Å². The predicted octanol–water partition coefficient (Wildman–Crippen LogP) is 2.72. The highest BCUT2D eigenvalue weighted by Crippen LogP contribution is 2.57. The Kier molecular flexibility index (Phi) is 4.53. The highest BCUT2D eigenvalue weighted by atomic mass is 16.3. The van der Waals surface area contributed by atoms with E-state index in [9.17, 15) is 5.11 Å². The molecule has 0 amide bonds. The molecular weight excluding hydrogens is 350 g/mol. The smallest absolute Gasteiger partial charge is 0.142 e. The predicted molar refractivity (Wildman–Crippen MR) is 110 cm³/mol. The van der Waals surface area contributed by atoms with E-state index in [1.54, 1.807) is 6.33 Å². The average Bonchev–Trinajstić information content (AvgIpc) is 3.30. The summed E-state index contributed by atoms with van der Waals surface area (Å²) in [4.78, 5) is 14.4. The van der Waals surface area contributed by atoms with Crippen LogP contribution in [-0.2, 0) is 6.42 Å². The Labute approximate surface area is 165 Å². The fraction of sp³-hybridized carbons (Fsp3) is 0.455. The molecule has 2 aliphatic rings. The Balaban J connectivity index is 1.23. The number of aliphatic hydroxyl groups excluding tert-OH is 1. The third kappa shape index (κ3) is 3.27. The molecule has 1 aliphatic heterocycles. The molecule has 5 rings (SSSR count). The largest absolute Gasteiger partial charge is 0.378 e. The summed E-state index contributed by atoms with van der Waals surface area (Å²) in [7, 11) is 0. The van der Waals surface area contributed by atoms with Crippen LogP contribution in [0.2, 0.25) is 0 Å². The molecule has 6 heteroatoms. The lowest BCUT2D eigenvalue weighted by Crippen LogP contribution is -2.50. The number of hydrogen-bond donors (Lipinski definition) is 3. The standard InChI is InChI=1S/C22H27N5O/c28-21(24-11-6-16-4-2-1-3-5-16)18-8-13-27(14-22(18)9-10-22)20-17-7-12-23-19(17)25-15-26-20/h1-5,7,12,15,18,21,24,28H,6,8-11,13-14H2,(H,23,25,26). The SMILES string of the molecule is OC(NCCc1ccccc1)C1CCN(c2ncnc3[nH]ccc23)CC12CC2. The van der Waals surface area contributed by atoms with Crippen molar-refractivity contribution >= 4 is 16.9 Å². The summed E-state index contributed by atoms with van der Waals surface area (Å²) in [5, 5.41) is 15.3. The third-order valence-corrected chi connectivity index (χ3v) is 6.52. The third-order valence-electron chi connectivity index (χ3n) is 6.52. The Hall–Kier alpha value is -2.44. The molecule has 2 atom stereocenters. The molecule has 3 heterocycles. The quantitative estimate of drug-likeness (QED) is 0.576. The van der Waals surface area contributed by atoms with Gasteiger partial charge in [-0.3, -0.25) is 5.32 Å². The number of aromatic nitrogens is 3. The van der Waals surface area contributed by atoms with E-state index in [0.29, 0.717) is 5.92 Å². The molecule has 2 fully saturated rings. The zero-order valence-electron chi connectivity index (χ0n) is 16.0. The van der Waals surface area contributed by atoms with Gasteiger partial charge in [0.1, 0.15) is 24.0 Å². The molecule has 0 bridgehead atoms. The van der Waals surface area contributed by atoms with E-state index in [1.807, 2.05) is 12.3 Å². The first-order chi connectivity index (χ1) is 13.8. The zero-order chi connectivity index (χ0) is 19.0. The van der Waals surface area contributed by atoms with Crippen LogP contribution in [-0.4, -0.2) is 45.9 Å². The number of nitrogens with one attached hydrogen (secondary N) is 2. The maximum atomic E-state index is 10.9. The summed E-state index contributed by atoms with van der Waals surface area (Å²) in [6, 6.07) is 12.5. The monoisotopic (exact) mass is 377 g/mol. The van der Waals surface area contributed by atoms with Gasteiger partial charge in [0.25, 0.3) is 0 Å². The minimum Gasteiger partial charge on any atom is -0.378 e. The Morgan fingerprint density at radius 1 is 1.21 bits per heavy atom. The van der Waals surface area contributed by atoms with Crippen LogP contribution in [0.25, 0.3) is 11.0 Å². The number of nitrogens with zero attached hydrogens (tertiary/aromatic N) is 3. The highest BCUT2D eigenvalue weighted by Gasteiger charge is 2.54. The lowest BCUT2D eigenvalue weighted by atomic mass is 9.81. The van der Waals surface area contributed by atoms with Crippen molar-refractivity contribution in [3.05, 3.63) is 54.5 Å². The second-order valence-electron chi connectivity index (χ2n) is 8.25. The first-order valence-corrected chi connectivity index (χ1v) is 10.2. The maximum absolute atomic E-state index is 10.9. The molecule has 2 aromatic heterocycles. The molecule has 1 aliphatic carbocycles. The van der Waals surface area contributed by atoms with E-state index in [4.69, 9.17) is 0 Å². The van der Waals surface area contributed by atoms with Crippen LogP contribution in [0.5, 0.6) is 0 Å². The molecular formula is C22H27N5O. The molecule has 3 aromatic rings. The van der Waals surface area contributed by atoms with Gasteiger partial charge in [-0.15, -0.1) is 0 Å². The number of aromatic amines is 1. The molecule has 1 spiro atoms. The first kappa shape index (κ1) is 17.6. The number of aliphatic hydroxyl groups is 1. The van der Waals surface area contributed by atoms with Crippen LogP contribution in [0.1, 0.15) is 24.8 Å². The first-order valence-electron chi connectivity index (χ1n) is 10.2. The summed E-state index contributed by atoms with van der Waals surface area (Å²) in [5.74, 6) is 1.32. The number of benzene rings is 1. The number of fused-ring (bicyclic) bond motifs is 1. The van der Waals surface area contributed by atoms with E-state index in [-0.39, 0.29) is 5.41 Å². The summed E-state index contributed by atoms with van der Waals surface area (Å²) in [5.41, 5.74) is 2.40. The van der Waals surface area contributed by atoms with Crippen molar-refractivity contribution in [1.82, 2.24) is 20.3 Å². The van der Waals surface area contributed by atoms with Crippen molar-refractivity contribution in [2.75, 3.05) is 24.5 Å². The van der Waals surface area contributed by atoms with Gasteiger partial charge in [0.2, 0.25) is 0 Å². The molecule has 1 saturated carbocycles. The normalized spacial score (nSPS) is 21.9. The minimum absolute atomic E-state index is 0.213. The van der Waals surface area contributed by atoms with E-state index < -0.39 is 6.23 Å². The fourth-order valence-corrected chi connectivity index (χ4v) is 4.80. The molecule has 2 unspecified atom stereocenters. The summed E-state index contributed by atoms with van der Waals surface area (Å²) in [6.07, 6.45) is 7.42. The van der Waals surface area contributed by atoms with Crippen LogP contribution in [0.3, 0.4) is 0 Å². The van der Waals surface area contributed by atoms with Crippen LogP contribution in [0.15, 0.2) is 48.9 Å².